The molecule has 3 N–H and O–H groups in total. The van der Waals surface area contributed by atoms with Gasteiger partial charge in [-0.25, -0.2) is 0 Å². The monoisotopic (exact) mass is 274 g/mol. The number of hydrogen-bond acceptors (Lipinski definition) is 2. The minimum atomic E-state index is -0.180. The Kier molecular flexibility index (Phi) is 4.42. The van der Waals surface area contributed by atoms with Crippen molar-refractivity contribution in [3.05, 3.63) is 64.7 Å². The van der Waals surface area contributed by atoms with Crippen molar-refractivity contribution in [3.63, 3.8) is 0 Å². The number of amides is 1. The van der Waals surface area contributed by atoms with E-state index in [2.05, 4.69) is 5.32 Å². The normalized spacial score (nSPS) is 10.2. The minimum Gasteiger partial charge on any atom is -0.399 e. The molecule has 0 saturated carbocycles. The molecule has 3 nitrogen and oxygen atoms in total. The molecule has 0 radical (unpaired) electrons. The van der Waals surface area contributed by atoms with Crippen molar-refractivity contribution in [2.24, 2.45) is 0 Å². The zero-order chi connectivity index (χ0) is 13.7. The first-order valence-corrected chi connectivity index (χ1v) is 6.42. The number of carbonyl (C=O) groups excluding carboxylic acids is 1. The van der Waals surface area contributed by atoms with Gasteiger partial charge in [-0.2, -0.15) is 0 Å². The van der Waals surface area contributed by atoms with Gasteiger partial charge in [0.25, 0.3) is 5.91 Å². The van der Waals surface area contributed by atoms with Crippen LogP contribution in [0.4, 0.5) is 5.69 Å². The Balaban J connectivity index is 1.91. The molecule has 2 aromatic rings. The highest BCUT2D eigenvalue weighted by Crippen LogP contribution is 2.18. The summed E-state index contributed by atoms with van der Waals surface area (Å²) < 4.78 is 0. The molecule has 0 aromatic heterocycles. The van der Waals surface area contributed by atoms with Crippen LogP contribution in [-0.4, -0.2) is 12.5 Å². The minimum absolute atomic E-state index is 0.180. The number of nitrogens with one attached hydrogen (secondary N) is 1. The molecular formula is C15H15ClN2O. The van der Waals surface area contributed by atoms with E-state index in [-0.39, 0.29) is 5.91 Å². The van der Waals surface area contributed by atoms with Gasteiger partial charge in [0.05, 0.1) is 10.6 Å². The Morgan fingerprint density at radius 3 is 2.58 bits per heavy atom. The molecule has 0 bridgehead atoms. The highest BCUT2D eigenvalue weighted by atomic mass is 35.5. The van der Waals surface area contributed by atoms with Crippen LogP contribution in [0.3, 0.4) is 0 Å². The molecule has 4 heteroatoms. The highest BCUT2D eigenvalue weighted by Gasteiger charge is 2.09. The number of halogens is 1. The van der Waals surface area contributed by atoms with Crippen molar-refractivity contribution in [1.29, 1.82) is 0 Å². The zero-order valence-corrected chi connectivity index (χ0v) is 11.2. The Labute approximate surface area is 117 Å². The van der Waals surface area contributed by atoms with Gasteiger partial charge in [-0.15, -0.1) is 0 Å². The summed E-state index contributed by atoms with van der Waals surface area (Å²) in [6, 6.07) is 14.9. The van der Waals surface area contributed by atoms with Crippen molar-refractivity contribution in [2.45, 2.75) is 6.42 Å². The Bertz CT molecular complexity index is 570. The molecule has 2 rings (SSSR count). The van der Waals surface area contributed by atoms with Gasteiger partial charge >= 0.3 is 0 Å². The predicted octanol–water partition coefficient (Wildman–Crippen LogP) is 2.89. The van der Waals surface area contributed by atoms with E-state index in [1.54, 1.807) is 18.2 Å². The van der Waals surface area contributed by atoms with Crippen LogP contribution in [0, 0.1) is 0 Å². The van der Waals surface area contributed by atoms with Gasteiger partial charge in [-0.1, -0.05) is 41.9 Å². The summed E-state index contributed by atoms with van der Waals surface area (Å²) in [4.78, 5) is 11.9. The molecule has 0 saturated heterocycles. The standard InChI is InChI=1S/C15H15ClN2O/c16-14-10-12(17)6-7-13(14)15(19)18-9-8-11-4-2-1-3-5-11/h1-7,10H,8-9,17H2,(H,18,19). The van der Waals surface area contributed by atoms with Gasteiger partial charge in [-0.05, 0) is 30.2 Å². The maximum absolute atomic E-state index is 11.9. The van der Waals surface area contributed by atoms with Gasteiger partial charge in [0, 0.05) is 12.2 Å². The molecule has 0 aliphatic heterocycles. The summed E-state index contributed by atoms with van der Waals surface area (Å²) in [5.74, 6) is -0.180. The number of carbonyl (C=O) groups is 1. The molecule has 2 aromatic carbocycles. The van der Waals surface area contributed by atoms with E-state index in [1.807, 2.05) is 30.3 Å². The van der Waals surface area contributed by atoms with E-state index in [0.717, 1.165) is 6.42 Å². The van der Waals surface area contributed by atoms with Gasteiger partial charge in [0.15, 0.2) is 0 Å². The van der Waals surface area contributed by atoms with Crippen LogP contribution < -0.4 is 11.1 Å². The van der Waals surface area contributed by atoms with Crippen molar-refractivity contribution >= 4 is 23.2 Å². The maximum atomic E-state index is 11.9. The smallest absolute Gasteiger partial charge is 0.252 e. The summed E-state index contributed by atoms with van der Waals surface area (Å²) in [6.07, 6.45) is 0.791. The summed E-state index contributed by atoms with van der Waals surface area (Å²) in [5.41, 5.74) is 7.77. The van der Waals surface area contributed by atoms with Crippen LogP contribution >= 0.6 is 11.6 Å². The van der Waals surface area contributed by atoms with Crippen LogP contribution in [0.25, 0.3) is 0 Å². The van der Waals surface area contributed by atoms with Crippen molar-refractivity contribution in [2.75, 3.05) is 12.3 Å². The fourth-order valence-electron chi connectivity index (χ4n) is 1.78. The lowest BCUT2D eigenvalue weighted by molar-refractivity contribution is 0.0954. The first-order valence-electron chi connectivity index (χ1n) is 6.04. The third-order valence-corrected chi connectivity index (χ3v) is 3.09. The average molecular weight is 275 g/mol. The fraction of sp³-hybridized carbons (Fsp3) is 0.133. The van der Waals surface area contributed by atoms with Gasteiger partial charge in [0.1, 0.15) is 0 Å². The molecule has 0 aliphatic carbocycles. The average Bonchev–Trinajstić information content (AvgIpc) is 2.39. The van der Waals surface area contributed by atoms with E-state index in [9.17, 15) is 4.79 Å². The third-order valence-electron chi connectivity index (χ3n) is 2.78. The molecule has 98 valence electrons. The highest BCUT2D eigenvalue weighted by molar-refractivity contribution is 6.34. The van der Waals surface area contributed by atoms with Crippen molar-refractivity contribution in [1.82, 2.24) is 5.32 Å². The van der Waals surface area contributed by atoms with E-state index >= 15 is 0 Å². The number of hydrogen-bond donors (Lipinski definition) is 2. The van der Waals surface area contributed by atoms with Crippen LogP contribution in [0.2, 0.25) is 5.02 Å². The predicted molar refractivity (Wildman–Crippen MR) is 78.3 cm³/mol. The van der Waals surface area contributed by atoms with E-state index in [1.165, 1.54) is 5.56 Å². The largest absolute Gasteiger partial charge is 0.399 e. The molecule has 0 heterocycles. The number of nitrogen functional groups attached to an aromatic ring is 1. The molecule has 0 atom stereocenters. The van der Waals surface area contributed by atoms with Crippen LogP contribution in [0.15, 0.2) is 48.5 Å². The summed E-state index contributed by atoms with van der Waals surface area (Å²) in [7, 11) is 0. The topological polar surface area (TPSA) is 55.1 Å². The second-order valence-electron chi connectivity index (χ2n) is 4.23. The Morgan fingerprint density at radius 2 is 1.89 bits per heavy atom. The lowest BCUT2D eigenvalue weighted by atomic mass is 10.1. The molecule has 19 heavy (non-hydrogen) atoms. The van der Waals surface area contributed by atoms with Gasteiger partial charge in [-0.3, -0.25) is 4.79 Å². The lowest BCUT2D eigenvalue weighted by Gasteiger charge is -2.07. The van der Waals surface area contributed by atoms with E-state index in [4.69, 9.17) is 17.3 Å². The molecule has 0 aliphatic rings. The van der Waals surface area contributed by atoms with E-state index in [0.29, 0.717) is 22.8 Å². The summed E-state index contributed by atoms with van der Waals surface area (Å²) in [6.45, 7) is 0.573. The quantitative estimate of drug-likeness (QED) is 0.843. The van der Waals surface area contributed by atoms with Crippen molar-refractivity contribution in [3.8, 4) is 0 Å². The molecular weight excluding hydrogens is 260 g/mol. The first-order chi connectivity index (χ1) is 9.16. The van der Waals surface area contributed by atoms with Crippen LogP contribution in [0.1, 0.15) is 15.9 Å². The zero-order valence-electron chi connectivity index (χ0n) is 10.4. The number of benzene rings is 2. The number of rotatable bonds is 4. The Morgan fingerprint density at radius 1 is 1.16 bits per heavy atom. The molecule has 1 amide bonds. The number of anilines is 1. The van der Waals surface area contributed by atoms with Crippen molar-refractivity contribution < 1.29 is 4.79 Å². The number of nitrogens with two attached hydrogens (primary N) is 1. The summed E-state index contributed by atoms with van der Waals surface area (Å²) in [5, 5.41) is 3.22. The van der Waals surface area contributed by atoms with Gasteiger partial charge < -0.3 is 11.1 Å². The van der Waals surface area contributed by atoms with Gasteiger partial charge in [0.2, 0.25) is 0 Å². The maximum Gasteiger partial charge on any atom is 0.252 e. The second-order valence-corrected chi connectivity index (χ2v) is 4.64. The molecule has 0 fully saturated rings. The van der Waals surface area contributed by atoms with Crippen LogP contribution in [-0.2, 0) is 6.42 Å². The Hall–Kier alpha value is -2.00. The SMILES string of the molecule is Nc1ccc(C(=O)NCCc2ccccc2)c(Cl)c1. The first kappa shape index (κ1) is 13.4. The lowest BCUT2D eigenvalue weighted by Crippen LogP contribution is -2.26. The van der Waals surface area contributed by atoms with Crippen LogP contribution in [0.5, 0.6) is 0 Å². The fourth-order valence-corrected chi connectivity index (χ4v) is 2.05. The third kappa shape index (κ3) is 3.73. The van der Waals surface area contributed by atoms with E-state index < -0.39 is 0 Å². The second kappa shape index (κ2) is 6.25. The molecule has 0 unspecified atom stereocenters. The summed E-state index contributed by atoms with van der Waals surface area (Å²) >= 11 is 5.98. The molecule has 0 spiro atoms.